The molecule has 0 bridgehead atoms. The Balaban J connectivity index is 1.35. The first-order valence-corrected chi connectivity index (χ1v) is 12.8. The van der Waals surface area contributed by atoms with Crippen molar-refractivity contribution in [1.29, 1.82) is 0 Å². The van der Waals surface area contributed by atoms with Crippen LogP contribution in [0.3, 0.4) is 0 Å². The zero-order valence-electron chi connectivity index (χ0n) is 20.9. The monoisotopic (exact) mass is 516 g/mol. The number of amides is 1. The molecule has 0 atom stereocenters. The van der Waals surface area contributed by atoms with Crippen LogP contribution in [-0.2, 0) is 24.4 Å². The van der Waals surface area contributed by atoms with E-state index in [0.717, 1.165) is 68.9 Å². The fourth-order valence-electron chi connectivity index (χ4n) is 4.67. The van der Waals surface area contributed by atoms with Crippen LogP contribution in [0.1, 0.15) is 32.7 Å². The van der Waals surface area contributed by atoms with Gasteiger partial charge in [0.2, 0.25) is 0 Å². The van der Waals surface area contributed by atoms with Gasteiger partial charge in [-0.3, -0.25) is 14.8 Å². The van der Waals surface area contributed by atoms with Gasteiger partial charge in [-0.2, -0.15) is 0 Å². The van der Waals surface area contributed by atoms with Gasteiger partial charge in [-0.1, -0.05) is 24.3 Å². The molecular weight excluding hydrogens is 488 g/mol. The average molecular weight is 517 g/mol. The first-order valence-electron chi connectivity index (χ1n) is 12.0. The summed E-state index contributed by atoms with van der Waals surface area (Å²) in [5.41, 5.74) is 7.22. The predicted octanol–water partition coefficient (Wildman–Crippen LogP) is 4.35. The smallest absolute Gasteiger partial charge is 0.267 e. The normalized spacial score (nSPS) is 13.7. The molecule has 5 rings (SSSR count). The van der Waals surface area contributed by atoms with E-state index in [0.29, 0.717) is 12.4 Å². The van der Waals surface area contributed by atoms with Crippen LogP contribution in [0.5, 0.6) is 5.75 Å². The quantitative estimate of drug-likeness (QED) is 0.200. The average Bonchev–Trinajstić information content (AvgIpc) is 3.25. The summed E-state index contributed by atoms with van der Waals surface area (Å²) in [5.74, 6) is 0.787. The Morgan fingerprint density at radius 2 is 1.97 bits per heavy atom. The maximum Gasteiger partial charge on any atom is 0.267 e. The third-order valence-corrected chi connectivity index (χ3v) is 7.65. The van der Waals surface area contributed by atoms with Crippen molar-refractivity contribution in [3.63, 3.8) is 0 Å². The van der Waals surface area contributed by atoms with Crippen LogP contribution >= 0.6 is 11.3 Å². The molecule has 3 N–H and O–H groups in total. The van der Waals surface area contributed by atoms with Crippen molar-refractivity contribution in [2.24, 2.45) is 0 Å². The molecule has 0 unspecified atom stereocenters. The summed E-state index contributed by atoms with van der Waals surface area (Å²) in [7, 11) is 2.10. The summed E-state index contributed by atoms with van der Waals surface area (Å²) >= 11 is 1.62. The highest BCUT2D eigenvalue weighted by Gasteiger charge is 2.22. The third-order valence-electron chi connectivity index (χ3n) is 6.54. The standard InChI is InChI=1S/C28H28N4O4S/c1-16-12-20(26-29-27(34)24-21-10-11-32(3)14-22(21)37-28(24)30-26)13-17(2)25(16)36-15-19-6-4-18(5-7-19)8-9-23(33)31-35/h4-9,12-13,35H,10-11,14-15H2,1-3H3,(H,31,33)(H,29,30,34)/b9-8+. The number of likely N-dealkylation sites (N-methyl/N-ethyl adjacent to an activating group) is 1. The van der Waals surface area contributed by atoms with Gasteiger partial charge in [0.05, 0.1) is 5.39 Å². The molecular formula is C28H28N4O4S. The van der Waals surface area contributed by atoms with E-state index in [1.807, 2.05) is 50.2 Å². The number of rotatable bonds is 6. The molecule has 1 aliphatic heterocycles. The Hall–Kier alpha value is -3.79. The van der Waals surface area contributed by atoms with E-state index in [9.17, 15) is 9.59 Å². The number of aryl methyl sites for hydroxylation is 2. The number of hydrogen-bond donors (Lipinski definition) is 3. The van der Waals surface area contributed by atoms with Crippen LogP contribution in [0, 0.1) is 13.8 Å². The maximum absolute atomic E-state index is 13.0. The highest BCUT2D eigenvalue weighted by atomic mass is 32.1. The van der Waals surface area contributed by atoms with Gasteiger partial charge >= 0.3 is 0 Å². The number of nitrogens with zero attached hydrogens (tertiary/aromatic N) is 2. The van der Waals surface area contributed by atoms with E-state index in [1.54, 1.807) is 22.9 Å². The van der Waals surface area contributed by atoms with Gasteiger partial charge in [0, 0.05) is 29.6 Å². The molecule has 0 saturated carbocycles. The number of thiophene rings is 1. The molecule has 8 nitrogen and oxygen atoms in total. The summed E-state index contributed by atoms with van der Waals surface area (Å²) in [6.07, 6.45) is 3.74. The van der Waals surface area contributed by atoms with Crippen LogP contribution < -0.4 is 15.8 Å². The third kappa shape index (κ3) is 5.20. The van der Waals surface area contributed by atoms with Crippen LogP contribution in [0.2, 0.25) is 0 Å². The fraction of sp³-hybridized carbons (Fsp3) is 0.250. The number of carbonyl (C=O) groups excluding carboxylic acids is 1. The lowest BCUT2D eigenvalue weighted by Crippen LogP contribution is -2.25. The minimum Gasteiger partial charge on any atom is -0.488 e. The Morgan fingerprint density at radius 3 is 2.68 bits per heavy atom. The second kappa shape index (κ2) is 10.3. The van der Waals surface area contributed by atoms with Gasteiger partial charge in [0.1, 0.15) is 23.0 Å². The lowest BCUT2D eigenvalue weighted by atomic mass is 10.0. The van der Waals surface area contributed by atoms with Crippen molar-refractivity contribution in [3.8, 4) is 17.1 Å². The first kappa shape index (κ1) is 24.9. The first-order chi connectivity index (χ1) is 17.8. The molecule has 0 spiro atoms. The number of hydroxylamine groups is 1. The number of aromatic amines is 1. The molecule has 0 fully saturated rings. The molecule has 0 aliphatic carbocycles. The Kier molecular flexibility index (Phi) is 6.92. The largest absolute Gasteiger partial charge is 0.488 e. The minimum atomic E-state index is -0.580. The molecule has 9 heteroatoms. The number of aromatic nitrogens is 2. The number of carbonyl (C=O) groups is 1. The van der Waals surface area contributed by atoms with E-state index in [4.69, 9.17) is 14.9 Å². The lowest BCUT2D eigenvalue weighted by molar-refractivity contribution is -0.124. The SMILES string of the molecule is Cc1cc(-c2nc3sc4c(c3c(=O)[nH]2)CCN(C)C4)cc(C)c1OCc1ccc(/C=C/C(=O)NO)cc1. The van der Waals surface area contributed by atoms with E-state index < -0.39 is 5.91 Å². The predicted molar refractivity (Wildman–Crippen MR) is 145 cm³/mol. The van der Waals surface area contributed by atoms with Crippen molar-refractivity contribution in [1.82, 2.24) is 20.3 Å². The fourth-order valence-corrected chi connectivity index (χ4v) is 5.97. The van der Waals surface area contributed by atoms with E-state index >= 15 is 0 Å². The number of nitrogens with one attached hydrogen (secondary N) is 2. The van der Waals surface area contributed by atoms with Gasteiger partial charge in [-0.05, 0) is 73.3 Å². The Labute approximate surface area is 218 Å². The summed E-state index contributed by atoms with van der Waals surface area (Å²) in [6, 6.07) is 11.6. The van der Waals surface area contributed by atoms with Crippen molar-refractivity contribution in [3.05, 3.63) is 85.5 Å². The van der Waals surface area contributed by atoms with E-state index in [-0.39, 0.29) is 5.56 Å². The number of hydrogen-bond acceptors (Lipinski definition) is 7. The highest BCUT2D eigenvalue weighted by molar-refractivity contribution is 7.18. The van der Waals surface area contributed by atoms with Crippen molar-refractivity contribution in [2.45, 2.75) is 33.4 Å². The molecule has 190 valence electrons. The van der Waals surface area contributed by atoms with Crippen LogP contribution in [0.15, 0.2) is 47.3 Å². The zero-order chi connectivity index (χ0) is 26.1. The minimum absolute atomic E-state index is 0.0760. The molecule has 2 aromatic heterocycles. The molecule has 0 saturated heterocycles. The second-order valence-corrected chi connectivity index (χ2v) is 10.4. The van der Waals surface area contributed by atoms with Crippen molar-refractivity contribution >= 4 is 33.5 Å². The molecule has 1 amide bonds. The molecule has 1 aliphatic rings. The summed E-state index contributed by atoms with van der Waals surface area (Å²) in [5, 5.41) is 9.31. The van der Waals surface area contributed by atoms with Gasteiger partial charge < -0.3 is 14.6 Å². The van der Waals surface area contributed by atoms with Crippen LogP contribution in [0.4, 0.5) is 0 Å². The summed E-state index contributed by atoms with van der Waals surface area (Å²) < 4.78 is 6.15. The second-order valence-electron chi connectivity index (χ2n) is 9.37. The molecule has 37 heavy (non-hydrogen) atoms. The van der Waals surface area contributed by atoms with Gasteiger partial charge in [0.25, 0.3) is 11.5 Å². The Morgan fingerprint density at radius 1 is 1.24 bits per heavy atom. The number of fused-ring (bicyclic) bond motifs is 3. The highest BCUT2D eigenvalue weighted by Crippen LogP contribution is 2.34. The van der Waals surface area contributed by atoms with Gasteiger partial charge in [-0.25, -0.2) is 10.5 Å². The van der Waals surface area contributed by atoms with E-state index in [2.05, 4.69) is 16.9 Å². The lowest BCUT2D eigenvalue weighted by Gasteiger charge is -2.21. The van der Waals surface area contributed by atoms with Crippen molar-refractivity contribution < 1.29 is 14.7 Å². The molecule has 2 aromatic carbocycles. The number of benzene rings is 2. The Bertz CT molecular complexity index is 1550. The summed E-state index contributed by atoms with van der Waals surface area (Å²) in [4.78, 5) is 36.3. The number of H-pyrrole nitrogens is 1. The molecule has 3 heterocycles. The summed E-state index contributed by atoms with van der Waals surface area (Å²) in [6.45, 7) is 6.17. The number of ether oxygens (including phenoxy) is 1. The zero-order valence-corrected chi connectivity index (χ0v) is 21.7. The van der Waals surface area contributed by atoms with Gasteiger partial charge in [0.15, 0.2) is 0 Å². The topological polar surface area (TPSA) is 108 Å². The molecule has 4 aromatic rings. The van der Waals surface area contributed by atoms with Gasteiger partial charge in [-0.15, -0.1) is 11.3 Å². The maximum atomic E-state index is 13.0. The van der Waals surface area contributed by atoms with Crippen LogP contribution in [0.25, 0.3) is 27.7 Å². The van der Waals surface area contributed by atoms with Crippen molar-refractivity contribution in [2.75, 3.05) is 13.6 Å². The van der Waals surface area contributed by atoms with E-state index in [1.165, 1.54) is 11.0 Å². The molecule has 0 radical (unpaired) electrons. The van der Waals surface area contributed by atoms with Crippen LogP contribution in [-0.4, -0.2) is 39.6 Å².